The van der Waals surface area contributed by atoms with Crippen LogP contribution in [-0.2, 0) is 28.5 Å². The first kappa shape index (κ1) is 34.0. The predicted octanol–water partition coefficient (Wildman–Crippen LogP) is -1.52. The molecule has 4 unspecified atom stereocenters. The fourth-order valence-corrected chi connectivity index (χ4v) is 5.03. The number of methoxy groups -OCH3 is 1. The molecule has 1 aliphatic heterocycles. The molecular weight excluding hydrogens is 508 g/mol. The van der Waals surface area contributed by atoms with Gasteiger partial charge in [-0.1, -0.05) is 27.7 Å². The van der Waals surface area contributed by atoms with Crippen LogP contribution in [0.5, 0.6) is 0 Å². The van der Waals surface area contributed by atoms with Crippen molar-refractivity contribution in [2.75, 3.05) is 46.7 Å². The average Bonchev–Trinajstić information content (AvgIpc) is 2.84. The van der Waals surface area contributed by atoms with E-state index in [1.165, 1.54) is 7.11 Å². The van der Waals surface area contributed by atoms with Crippen LogP contribution in [0.25, 0.3) is 0 Å². The molecule has 1 heterocycles. The van der Waals surface area contributed by atoms with Crippen LogP contribution in [-0.4, -0.2) is 126 Å². The van der Waals surface area contributed by atoms with Gasteiger partial charge in [-0.15, -0.1) is 0 Å². The number of alkyl carbamates (subject to hydrolysis) is 1. The molecule has 7 N–H and O–H groups in total. The van der Waals surface area contributed by atoms with Crippen LogP contribution in [0.3, 0.4) is 0 Å². The fraction of sp³-hybridized carbons (Fsp3) is 0.875. The van der Waals surface area contributed by atoms with Crippen molar-refractivity contribution in [1.82, 2.24) is 10.6 Å². The van der Waals surface area contributed by atoms with Crippen LogP contribution < -0.4 is 10.6 Å². The molecule has 222 valence electrons. The lowest BCUT2D eigenvalue weighted by atomic mass is 9.68. The lowest BCUT2D eigenvalue weighted by Gasteiger charge is -2.51. The molecule has 0 aromatic carbocycles. The van der Waals surface area contributed by atoms with E-state index in [0.717, 1.165) is 0 Å². The monoisotopic (exact) mass is 552 g/mol. The van der Waals surface area contributed by atoms with Gasteiger partial charge in [-0.2, -0.15) is 0 Å². The smallest absolute Gasteiger partial charge is 0.407 e. The highest BCUT2D eigenvalue weighted by molar-refractivity contribution is 5.82. The molecule has 1 saturated heterocycles. The van der Waals surface area contributed by atoms with Gasteiger partial charge in [-0.25, -0.2) is 9.59 Å². The molecule has 0 aromatic rings. The number of nitrogens with one attached hydrogen (secondary N) is 2. The molecule has 38 heavy (non-hydrogen) atoms. The van der Waals surface area contributed by atoms with Crippen molar-refractivity contribution >= 4 is 18.0 Å². The number of aliphatic hydroxyl groups is 4. The number of carboxylic acid groups (broad SMARTS) is 1. The molecule has 0 spiro atoms. The number of hydrogen-bond acceptors (Lipinski definition) is 11. The van der Waals surface area contributed by atoms with E-state index < -0.39 is 79.5 Å². The topological polar surface area (TPSA) is 213 Å². The molecule has 14 heteroatoms. The average molecular weight is 553 g/mol. The zero-order chi connectivity index (χ0) is 29.0. The molecule has 1 aliphatic rings. The number of aliphatic carboxylic acids is 1. The van der Waals surface area contributed by atoms with Gasteiger partial charge >= 0.3 is 12.1 Å². The van der Waals surface area contributed by atoms with Crippen LogP contribution >= 0.6 is 0 Å². The molecule has 14 nitrogen and oxygen atoms in total. The van der Waals surface area contributed by atoms with Gasteiger partial charge in [0.15, 0.2) is 5.60 Å². The predicted molar refractivity (Wildman–Crippen MR) is 132 cm³/mol. The number of hydrogen-bond donors (Lipinski definition) is 7. The lowest BCUT2D eigenvalue weighted by Crippen LogP contribution is -2.70. The van der Waals surface area contributed by atoms with Crippen molar-refractivity contribution in [2.24, 2.45) is 17.8 Å². The third kappa shape index (κ3) is 9.29. The summed E-state index contributed by atoms with van der Waals surface area (Å²) in [6.45, 7) is 6.56. The van der Waals surface area contributed by atoms with Crippen molar-refractivity contribution in [3.05, 3.63) is 0 Å². The number of carbonyl (C=O) groups is 3. The first-order chi connectivity index (χ1) is 17.8. The zero-order valence-electron chi connectivity index (χ0n) is 22.7. The highest BCUT2D eigenvalue weighted by atomic mass is 16.6. The number of ether oxygens (including phenoxy) is 4. The van der Waals surface area contributed by atoms with Crippen molar-refractivity contribution < 1.29 is 58.9 Å². The van der Waals surface area contributed by atoms with E-state index in [4.69, 9.17) is 18.9 Å². The Hall–Kier alpha value is -2.07. The number of carbonyl (C=O) groups excluding carboxylic acids is 2. The lowest BCUT2D eigenvalue weighted by molar-refractivity contribution is -0.250. The summed E-state index contributed by atoms with van der Waals surface area (Å²) >= 11 is 0. The zero-order valence-corrected chi connectivity index (χ0v) is 22.7. The summed E-state index contributed by atoms with van der Waals surface area (Å²) in [5, 5.41) is 56.1. The van der Waals surface area contributed by atoms with Gasteiger partial charge in [0.25, 0.3) is 0 Å². The molecule has 0 aromatic heterocycles. The summed E-state index contributed by atoms with van der Waals surface area (Å²) in [6, 6.07) is -1.36. The number of carboxylic acids is 1. The Morgan fingerprint density at radius 1 is 1.05 bits per heavy atom. The Balaban J connectivity index is 2.98. The minimum Gasteiger partial charge on any atom is -0.479 e. The Kier molecular flexibility index (Phi) is 14.4. The highest BCUT2D eigenvalue weighted by Gasteiger charge is 2.59. The van der Waals surface area contributed by atoms with Crippen LogP contribution in [0.1, 0.15) is 34.1 Å². The number of rotatable bonds is 16. The van der Waals surface area contributed by atoms with Gasteiger partial charge < -0.3 is 55.1 Å². The van der Waals surface area contributed by atoms with E-state index in [-0.39, 0.29) is 25.0 Å². The summed E-state index contributed by atoms with van der Waals surface area (Å²) in [4.78, 5) is 36.9. The molecule has 1 rings (SSSR count). The van der Waals surface area contributed by atoms with Gasteiger partial charge in [-0.05, 0) is 11.8 Å². The second kappa shape index (κ2) is 16.1. The van der Waals surface area contributed by atoms with Gasteiger partial charge in [0.05, 0.1) is 38.6 Å². The normalized spacial score (nSPS) is 25.3. The first-order valence-electron chi connectivity index (χ1n) is 12.6. The van der Waals surface area contributed by atoms with Crippen molar-refractivity contribution in [1.29, 1.82) is 0 Å². The summed E-state index contributed by atoms with van der Waals surface area (Å²) in [5.41, 5.74) is -1.95. The summed E-state index contributed by atoms with van der Waals surface area (Å²) < 4.78 is 20.8. The standard InChI is InChI=1S/C24H44N2O12/c1-13(2)18(14(3)4)24(22(32)33)10-15(28)19(21(38-24)20(31)16(29)12-27)26-17(30)11-25-23(34)37-9-8-36-7-6-35-5/h13-16,18-21,27-29,31H,6-12H2,1-5H3,(H,25,34)(H,26,30)(H,32,33)/t15?,16-,19?,20-,21?,24?/m1/s1. The van der Waals surface area contributed by atoms with Crippen molar-refractivity contribution in [3.63, 3.8) is 0 Å². The molecule has 0 radical (unpaired) electrons. The van der Waals surface area contributed by atoms with Gasteiger partial charge in [-0.3, -0.25) is 4.79 Å². The summed E-state index contributed by atoms with van der Waals surface area (Å²) in [7, 11) is 1.52. The fourth-order valence-electron chi connectivity index (χ4n) is 5.03. The van der Waals surface area contributed by atoms with Crippen LogP contribution in [0.2, 0.25) is 0 Å². The molecule has 2 amide bonds. The molecular formula is C24H44N2O12. The maximum Gasteiger partial charge on any atom is 0.407 e. The van der Waals surface area contributed by atoms with E-state index in [2.05, 4.69) is 10.6 Å². The van der Waals surface area contributed by atoms with E-state index in [1.807, 2.05) is 27.7 Å². The maximum atomic E-state index is 12.6. The third-order valence-electron chi connectivity index (χ3n) is 6.50. The minimum absolute atomic E-state index is 0.0657. The van der Waals surface area contributed by atoms with Crippen LogP contribution in [0, 0.1) is 17.8 Å². The molecule has 0 saturated carbocycles. The van der Waals surface area contributed by atoms with Gasteiger partial charge in [0.2, 0.25) is 5.91 Å². The van der Waals surface area contributed by atoms with Crippen molar-refractivity contribution in [2.45, 2.75) is 70.2 Å². The number of amides is 2. The Bertz CT molecular complexity index is 744. The Morgan fingerprint density at radius 2 is 1.66 bits per heavy atom. The molecule has 1 fully saturated rings. The number of aliphatic hydroxyl groups excluding tert-OH is 4. The maximum absolute atomic E-state index is 12.6. The van der Waals surface area contributed by atoms with Crippen LogP contribution in [0.15, 0.2) is 0 Å². The molecule has 6 atom stereocenters. The SMILES string of the molecule is COCCOCCOC(=O)NCC(=O)NC1C(O)CC(C(=O)O)(C(C(C)C)C(C)C)OC1[C@H](O)[C@H](O)CO. The molecule has 0 aliphatic carbocycles. The van der Waals surface area contributed by atoms with Crippen molar-refractivity contribution in [3.8, 4) is 0 Å². The summed E-state index contributed by atoms with van der Waals surface area (Å²) in [5.74, 6) is -3.17. The third-order valence-corrected chi connectivity index (χ3v) is 6.50. The second-order valence-corrected chi connectivity index (χ2v) is 9.99. The van der Waals surface area contributed by atoms with E-state index >= 15 is 0 Å². The van der Waals surface area contributed by atoms with E-state index in [0.29, 0.717) is 13.2 Å². The Labute approximate surface area is 222 Å². The van der Waals surface area contributed by atoms with E-state index in [1.54, 1.807) is 0 Å². The summed E-state index contributed by atoms with van der Waals surface area (Å²) in [6.07, 6.45) is -8.01. The quantitative estimate of drug-likeness (QED) is 0.109. The molecule has 0 bridgehead atoms. The first-order valence-corrected chi connectivity index (χ1v) is 12.6. The van der Waals surface area contributed by atoms with Gasteiger partial charge in [0.1, 0.15) is 31.5 Å². The largest absolute Gasteiger partial charge is 0.479 e. The van der Waals surface area contributed by atoms with Gasteiger partial charge in [0, 0.05) is 19.4 Å². The highest BCUT2D eigenvalue weighted by Crippen LogP contribution is 2.43. The Morgan fingerprint density at radius 3 is 2.18 bits per heavy atom. The van der Waals surface area contributed by atoms with Crippen LogP contribution in [0.4, 0.5) is 4.79 Å². The minimum atomic E-state index is -1.95. The van der Waals surface area contributed by atoms with E-state index in [9.17, 15) is 39.9 Å². The second-order valence-electron chi connectivity index (χ2n) is 9.99.